The predicted octanol–water partition coefficient (Wildman–Crippen LogP) is 5.57. The minimum Gasteiger partial charge on any atom is -0.414 e. The minimum atomic E-state index is -3.71. The number of hydrogen-bond donors (Lipinski definition) is 1. The van der Waals surface area contributed by atoms with E-state index in [9.17, 15) is 8.42 Å². The lowest BCUT2D eigenvalue weighted by Gasteiger charge is -2.38. The van der Waals surface area contributed by atoms with Gasteiger partial charge in [0.05, 0.1) is 18.1 Å². The molecule has 1 heterocycles. The summed E-state index contributed by atoms with van der Waals surface area (Å²) >= 11 is 0. The van der Waals surface area contributed by atoms with Gasteiger partial charge in [0.15, 0.2) is 14.6 Å². The summed E-state index contributed by atoms with van der Waals surface area (Å²) in [6.07, 6.45) is 0.946. The molecule has 7 nitrogen and oxygen atoms in total. The number of sulfonamides is 1. The van der Waals surface area contributed by atoms with Gasteiger partial charge < -0.3 is 18.6 Å². The van der Waals surface area contributed by atoms with Crippen molar-refractivity contribution in [2.75, 3.05) is 20.3 Å². The van der Waals surface area contributed by atoms with Gasteiger partial charge >= 0.3 is 0 Å². The topological polar surface area (TPSA) is 83.1 Å². The fourth-order valence-corrected chi connectivity index (χ4v) is 5.87. The van der Waals surface area contributed by atoms with Crippen LogP contribution < -0.4 is 4.72 Å². The van der Waals surface area contributed by atoms with Crippen molar-refractivity contribution in [3.05, 3.63) is 77.4 Å². The van der Waals surface area contributed by atoms with Crippen LogP contribution >= 0.6 is 0 Å². The minimum absolute atomic E-state index is 0.0289. The second-order valence-electron chi connectivity index (χ2n) is 11.3. The molecule has 3 atom stereocenters. The molecular formula is C29H43NO6SSi. The van der Waals surface area contributed by atoms with Crippen molar-refractivity contribution in [1.29, 1.82) is 0 Å². The highest BCUT2D eigenvalue weighted by atomic mass is 32.2. The van der Waals surface area contributed by atoms with E-state index in [-0.39, 0.29) is 16.5 Å². The van der Waals surface area contributed by atoms with Crippen LogP contribution in [0.2, 0.25) is 18.1 Å². The van der Waals surface area contributed by atoms with Crippen LogP contribution in [-0.2, 0) is 35.3 Å². The second kappa shape index (κ2) is 13.0. The van der Waals surface area contributed by atoms with Crippen molar-refractivity contribution in [2.24, 2.45) is 0 Å². The molecule has 0 bridgehead atoms. The maximum Gasteiger partial charge on any atom is 0.240 e. The molecule has 3 rings (SSSR count). The molecule has 2 aromatic carbocycles. The smallest absolute Gasteiger partial charge is 0.240 e. The Balaban J connectivity index is 1.87. The van der Waals surface area contributed by atoms with Gasteiger partial charge in [-0.05, 0) is 48.3 Å². The van der Waals surface area contributed by atoms with Gasteiger partial charge in [0.2, 0.25) is 10.0 Å². The average molecular weight is 562 g/mol. The zero-order chi connectivity index (χ0) is 28.0. The maximum atomic E-state index is 13.1. The van der Waals surface area contributed by atoms with Gasteiger partial charge in [-0.1, -0.05) is 74.9 Å². The molecule has 0 amide bonds. The maximum absolute atomic E-state index is 13.1. The third-order valence-electron chi connectivity index (χ3n) is 7.35. The van der Waals surface area contributed by atoms with E-state index in [2.05, 4.69) is 38.6 Å². The van der Waals surface area contributed by atoms with Crippen molar-refractivity contribution in [2.45, 2.75) is 82.2 Å². The molecular weight excluding hydrogens is 518 g/mol. The molecule has 0 saturated carbocycles. The zero-order valence-corrected chi connectivity index (χ0v) is 25.5. The van der Waals surface area contributed by atoms with E-state index in [4.69, 9.17) is 18.6 Å². The fourth-order valence-electron chi connectivity index (χ4n) is 3.84. The molecule has 9 heteroatoms. The van der Waals surface area contributed by atoms with E-state index in [1.165, 1.54) is 0 Å². The number of nitrogens with one attached hydrogen (secondary N) is 1. The van der Waals surface area contributed by atoms with Crippen LogP contribution in [0.4, 0.5) is 0 Å². The normalized spacial score (nSPS) is 21.1. The first-order valence-corrected chi connectivity index (χ1v) is 17.4. The Kier molecular flexibility index (Phi) is 10.5. The largest absolute Gasteiger partial charge is 0.414 e. The quantitative estimate of drug-likeness (QED) is 0.285. The number of rotatable bonds is 11. The van der Waals surface area contributed by atoms with Crippen LogP contribution in [0, 0.1) is 6.92 Å². The fraction of sp³-hybridized carbons (Fsp3) is 0.517. The third kappa shape index (κ3) is 8.32. The molecule has 38 heavy (non-hydrogen) atoms. The summed E-state index contributed by atoms with van der Waals surface area (Å²) < 4.78 is 53.9. The molecule has 0 spiro atoms. The van der Waals surface area contributed by atoms with Gasteiger partial charge in [-0.25, -0.2) is 13.1 Å². The van der Waals surface area contributed by atoms with E-state index in [1.807, 2.05) is 43.3 Å². The number of hydrogen-bond acceptors (Lipinski definition) is 6. The van der Waals surface area contributed by atoms with Gasteiger partial charge in [-0.3, -0.25) is 0 Å². The Morgan fingerprint density at radius 2 is 1.71 bits per heavy atom. The zero-order valence-electron chi connectivity index (χ0n) is 23.7. The van der Waals surface area contributed by atoms with Crippen molar-refractivity contribution in [3.63, 3.8) is 0 Å². The Morgan fingerprint density at radius 1 is 1.05 bits per heavy atom. The highest BCUT2D eigenvalue weighted by molar-refractivity contribution is 7.89. The van der Waals surface area contributed by atoms with E-state index in [0.29, 0.717) is 19.6 Å². The van der Waals surface area contributed by atoms with Crippen LogP contribution in [0.15, 0.2) is 71.1 Å². The summed E-state index contributed by atoms with van der Waals surface area (Å²) in [5, 5.41) is 0.0289. The third-order valence-corrected chi connectivity index (χ3v) is 13.3. The van der Waals surface area contributed by atoms with E-state index in [1.54, 1.807) is 31.4 Å². The summed E-state index contributed by atoms with van der Waals surface area (Å²) in [6.45, 7) is 13.7. The summed E-state index contributed by atoms with van der Waals surface area (Å²) in [5.74, 6) is 0. The molecule has 0 radical (unpaired) electrons. The average Bonchev–Trinajstić information content (AvgIpc) is 3.04. The van der Waals surface area contributed by atoms with Gasteiger partial charge in [-0.15, -0.1) is 0 Å². The van der Waals surface area contributed by atoms with E-state index < -0.39 is 36.8 Å². The van der Waals surface area contributed by atoms with Crippen LogP contribution in [0.25, 0.3) is 0 Å². The standard InChI is InChI=1S/C29H43NO6SSi/c1-22-13-16-25(17-14-22)37(31,32)30-19-24-15-18-27(33-5)36-26(21-35-38(6,7)29(2,3)4)28(24)34-20-23-11-9-8-10-12-23/h8-17,26-28,30H,18-21H2,1-7H3/t26-,27?,28+/m1/s1. The molecule has 1 aliphatic heterocycles. The SMILES string of the molecule is COC1CC=C(CNS(=O)(=O)c2ccc(C)cc2)[C@H](OCc2ccccc2)[C@@H](CO[Si](C)(C)C(C)(C)C)O1. The van der Waals surface area contributed by atoms with Crippen molar-refractivity contribution < 1.29 is 27.1 Å². The lowest BCUT2D eigenvalue weighted by molar-refractivity contribution is -0.185. The Labute approximate surface area is 229 Å². The number of benzene rings is 2. The Hall–Kier alpha value is -1.85. The molecule has 0 fully saturated rings. The molecule has 1 N–H and O–H groups in total. The Morgan fingerprint density at radius 3 is 2.32 bits per heavy atom. The monoisotopic (exact) mass is 561 g/mol. The van der Waals surface area contributed by atoms with E-state index >= 15 is 0 Å². The van der Waals surface area contributed by atoms with Gasteiger partial charge in [0.25, 0.3) is 0 Å². The molecule has 2 aromatic rings. The van der Waals surface area contributed by atoms with Crippen LogP contribution in [-0.4, -0.2) is 55.5 Å². The lowest BCUT2D eigenvalue weighted by atomic mass is 10.0. The van der Waals surface area contributed by atoms with Gasteiger partial charge in [-0.2, -0.15) is 0 Å². The van der Waals surface area contributed by atoms with Crippen LogP contribution in [0.5, 0.6) is 0 Å². The summed E-state index contributed by atoms with van der Waals surface area (Å²) in [7, 11) is -4.19. The molecule has 0 aliphatic carbocycles. The van der Waals surface area contributed by atoms with Crippen molar-refractivity contribution in [3.8, 4) is 0 Å². The molecule has 0 aromatic heterocycles. The summed E-state index contributed by atoms with van der Waals surface area (Å²) in [5.41, 5.74) is 2.81. The van der Waals surface area contributed by atoms with E-state index in [0.717, 1.165) is 16.7 Å². The predicted molar refractivity (Wildman–Crippen MR) is 153 cm³/mol. The first-order chi connectivity index (χ1) is 17.8. The van der Waals surface area contributed by atoms with Gasteiger partial charge in [0, 0.05) is 20.1 Å². The first kappa shape index (κ1) is 30.7. The Bertz CT molecular complexity index is 1160. The molecule has 1 aliphatic rings. The number of ether oxygens (including phenoxy) is 3. The van der Waals surface area contributed by atoms with Gasteiger partial charge in [0.1, 0.15) is 12.2 Å². The molecule has 0 saturated heterocycles. The molecule has 1 unspecified atom stereocenters. The number of methoxy groups -OCH3 is 1. The van der Waals surface area contributed by atoms with Crippen LogP contribution in [0.3, 0.4) is 0 Å². The van der Waals surface area contributed by atoms with Crippen molar-refractivity contribution >= 4 is 18.3 Å². The molecule has 210 valence electrons. The highest BCUT2D eigenvalue weighted by Crippen LogP contribution is 2.37. The number of aryl methyl sites for hydroxylation is 1. The highest BCUT2D eigenvalue weighted by Gasteiger charge is 2.40. The second-order valence-corrected chi connectivity index (χ2v) is 17.9. The van der Waals surface area contributed by atoms with Crippen molar-refractivity contribution in [1.82, 2.24) is 4.72 Å². The lowest BCUT2D eigenvalue weighted by Crippen LogP contribution is -2.47. The summed E-state index contributed by atoms with van der Waals surface area (Å²) in [6, 6.07) is 16.7. The van der Waals surface area contributed by atoms with Crippen LogP contribution in [0.1, 0.15) is 38.3 Å². The first-order valence-electron chi connectivity index (χ1n) is 13.1. The summed E-state index contributed by atoms with van der Waals surface area (Å²) in [4.78, 5) is 0.225.